The summed E-state index contributed by atoms with van der Waals surface area (Å²) in [6.45, 7) is 44.6. The number of rotatable bonds is 3. The van der Waals surface area contributed by atoms with Crippen LogP contribution in [0.4, 0.5) is 22.7 Å². The SMILES string of the molecule is CC(C)(C)c1cc(N2C3=CC(n4c5ccccc5c5ccccc54)CC4=C3B(c3cc5c(cc3N4c3ccc4c(c3)C(C)(C)CCC4(C)C)C(C)(C)CCC5(C)C)c3sc4cc5c(cc4c32)C(C)(C)CCC5(C)C)cc(C(C)(C)C)c1. The van der Waals surface area contributed by atoms with Crippen LogP contribution in [-0.4, -0.2) is 11.3 Å². The van der Waals surface area contributed by atoms with Crippen molar-refractivity contribution in [2.75, 3.05) is 9.80 Å². The Kier molecular flexibility index (Phi) is 11.1. The van der Waals surface area contributed by atoms with Gasteiger partial charge in [0.2, 0.25) is 0 Å². The van der Waals surface area contributed by atoms with Crippen molar-refractivity contribution in [2.24, 2.45) is 0 Å². The van der Waals surface area contributed by atoms with Crippen LogP contribution < -0.4 is 20.0 Å². The lowest BCUT2D eigenvalue weighted by Crippen LogP contribution is -2.57. The van der Waals surface area contributed by atoms with E-state index >= 15 is 0 Å². The highest BCUT2D eigenvalue weighted by atomic mass is 32.1. The molecule has 0 saturated carbocycles. The number of hydrogen-bond acceptors (Lipinski definition) is 3. The van der Waals surface area contributed by atoms with Crippen molar-refractivity contribution in [3.05, 3.63) is 177 Å². The standard InChI is InChI=1S/C76H88BN3S/c1-69(2,3)45-35-46(70(4,5)6)37-48(36-45)80-64-40-49(79-60-25-21-19-23-50(60)51-24-20-22-26-61(51)79)39-63-66(64)77(68-67(80)52-41-55-58(44-65(52)81-68)76(17,18)34-31-73(55,11)12)59-42-56-57(75(15,16)33-32-74(56,13)14)43-62(59)78(63)47-27-28-53-54(38-47)72(9,10)30-29-71(53,7)8/h19-28,35-38,40-44,49H,29-34,39H2,1-18H3. The van der Waals surface area contributed by atoms with Crippen LogP contribution in [0.25, 0.3) is 31.9 Å². The minimum absolute atomic E-state index is 0.00332. The van der Waals surface area contributed by atoms with Gasteiger partial charge in [0.1, 0.15) is 0 Å². The van der Waals surface area contributed by atoms with E-state index in [1.165, 1.54) is 165 Å². The first-order valence-electron chi connectivity index (χ1n) is 31.0. The maximum Gasteiger partial charge on any atom is 0.264 e. The largest absolute Gasteiger partial charge is 0.333 e. The Morgan fingerprint density at radius 1 is 0.469 bits per heavy atom. The molecule has 0 N–H and O–H groups in total. The van der Waals surface area contributed by atoms with Gasteiger partial charge in [-0.25, -0.2) is 0 Å². The summed E-state index contributed by atoms with van der Waals surface area (Å²) in [5.41, 5.74) is 25.8. The molecule has 4 heterocycles. The fourth-order valence-corrected chi connectivity index (χ4v) is 17.5. The molecule has 4 aliphatic carbocycles. The summed E-state index contributed by atoms with van der Waals surface area (Å²) in [6, 6.07) is 44.8. The summed E-state index contributed by atoms with van der Waals surface area (Å²) in [5, 5.41) is 4.04. The third-order valence-electron chi connectivity index (χ3n) is 21.8. The maximum atomic E-state index is 2.84. The molecular formula is C76H88BN3S. The van der Waals surface area contributed by atoms with Crippen molar-refractivity contribution in [1.82, 2.24) is 4.57 Å². The molecule has 0 bridgehead atoms. The zero-order valence-corrected chi connectivity index (χ0v) is 53.1. The van der Waals surface area contributed by atoms with E-state index in [0.29, 0.717) is 0 Å². The summed E-state index contributed by atoms with van der Waals surface area (Å²) in [5.74, 6) is 0. The van der Waals surface area contributed by atoms with E-state index in [4.69, 9.17) is 0 Å². The van der Waals surface area contributed by atoms with Gasteiger partial charge in [0.15, 0.2) is 0 Å². The van der Waals surface area contributed by atoms with Gasteiger partial charge in [0.05, 0.1) is 11.7 Å². The van der Waals surface area contributed by atoms with Gasteiger partial charge >= 0.3 is 0 Å². The Hall–Kier alpha value is -5.78. The zero-order chi connectivity index (χ0) is 57.3. The fraction of sp³-hybridized carbons (Fsp3) is 0.447. The summed E-state index contributed by atoms with van der Waals surface area (Å²) in [4.78, 5) is 5.68. The van der Waals surface area contributed by atoms with Crippen LogP contribution in [0.15, 0.2) is 132 Å². The molecule has 8 aromatic rings. The second-order valence-electron chi connectivity index (χ2n) is 32.2. The minimum Gasteiger partial charge on any atom is -0.333 e. The number of hydrogen-bond donors (Lipinski definition) is 0. The van der Waals surface area contributed by atoms with E-state index in [1.807, 2.05) is 0 Å². The summed E-state index contributed by atoms with van der Waals surface area (Å²) in [6.07, 6.45) is 10.7. The lowest BCUT2D eigenvalue weighted by molar-refractivity contribution is 0.332. The van der Waals surface area contributed by atoms with Crippen molar-refractivity contribution in [3.63, 3.8) is 0 Å². The van der Waals surface area contributed by atoms with Crippen LogP contribution in [0.3, 0.4) is 0 Å². The molecule has 0 amide bonds. The number of aromatic nitrogens is 1. The quantitative estimate of drug-likeness (QED) is 0.163. The Morgan fingerprint density at radius 3 is 1.49 bits per heavy atom. The maximum absolute atomic E-state index is 2.84. The van der Waals surface area contributed by atoms with E-state index in [1.54, 1.807) is 0 Å². The number of nitrogens with zero attached hydrogens (tertiary/aromatic N) is 3. The Bertz CT molecular complexity index is 4000. The van der Waals surface area contributed by atoms with Gasteiger partial charge in [-0.1, -0.05) is 179 Å². The molecule has 81 heavy (non-hydrogen) atoms. The predicted octanol–water partition coefficient (Wildman–Crippen LogP) is 19.9. The summed E-state index contributed by atoms with van der Waals surface area (Å²) in [7, 11) is 0. The highest BCUT2D eigenvalue weighted by Crippen LogP contribution is 2.58. The van der Waals surface area contributed by atoms with Crippen molar-refractivity contribution < 1.29 is 0 Å². The molecule has 1 unspecified atom stereocenters. The van der Waals surface area contributed by atoms with Crippen molar-refractivity contribution in [1.29, 1.82) is 0 Å². The number of anilines is 4. The van der Waals surface area contributed by atoms with Crippen molar-refractivity contribution in [3.8, 4) is 0 Å². The average molecular weight is 1090 g/mol. The van der Waals surface area contributed by atoms with E-state index in [9.17, 15) is 0 Å². The third-order valence-corrected chi connectivity index (χ3v) is 23.0. The van der Waals surface area contributed by atoms with E-state index in [-0.39, 0.29) is 56.1 Å². The number of thiophene rings is 1. The molecule has 6 aromatic carbocycles. The van der Waals surface area contributed by atoms with Crippen molar-refractivity contribution in [2.45, 2.75) is 219 Å². The first kappa shape index (κ1) is 53.2. The van der Waals surface area contributed by atoms with Crippen LogP contribution >= 0.6 is 11.3 Å². The monoisotopic (exact) mass is 1090 g/mol. The number of fused-ring (bicyclic) bond motifs is 12. The third kappa shape index (κ3) is 7.84. The van der Waals surface area contributed by atoms with E-state index in [2.05, 4.69) is 266 Å². The molecule has 416 valence electrons. The Morgan fingerprint density at radius 2 is 0.951 bits per heavy atom. The molecule has 0 radical (unpaired) electrons. The molecule has 2 aliphatic heterocycles. The molecule has 6 aliphatic rings. The molecule has 0 fully saturated rings. The van der Waals surface area contributed by atoms with Gasteiger partial charge in [0, 0.05) is 71.5 Å². The number of benzene rings is 6. The van der Waals surface area contributed by atoms with Crippen LogP contribution in [0.2, 0.25) is 0 Å². The predicted molar refractivity (Wildman–Crippen MR) is 352 cm³/mol. The minimum atomic E-state index is -0.0749. The van der Waals surface area contributed by atoms with Crippen LogP contribution in [-0.2, 0) is 43.3 Å². The normalized spacial score (nSPS) is 21.8. The number of allylic oxidation sites excluding steroid dienone is 3. The fourth-order valence-electron chi connectivity index (χ4n) is 16.2. The lowest BCUT2D eigenvalue weighted by atomic mass is 9.34. The summed E-state index contributed by atoms with van der Waals surface area (Å²) < 4.78 is 5.64. The lowest BCUT2D eigenvalue weighted by Gasteiger charge is -2.50. The smallest absolute Gasteiger partial charge is 0.264 e. The van der Waals surface area contributed by atoms with Crippen molar-refractivity contribution >= 4 is 82.9 Å². The van der Waals surface area contributed by atoms with Gasteiger partial charge < -0.3 is 14.4 Å². The van der Waals surface area contributed by atoms with Crippen LogP contribution in [0.1, 0.15) is 220 Å². The zero-order valence-electron chi connectivity index (χ0n) is 52.3. The molecule has 0 spiro atoms. The highest BCUT2D eigenvalue weighted by molar-refractivity contribution is 7.32. The molecule has 3 nitrogen and oxygen atoms in total. The second kappa shape index (κ2) is 17.0. The Labute approximate surface area is 490 Å². The molecule has 1 atom stereocenters. The van der Waals surface area contributed by atoms with Gasteiger partial charge in [-0.05, 0) is 198 Å². The molecule has 14 rings (SSSR count). The Balaban J connectivity index is 1.17. The molecule has 2 aromatic heterocycles. The number of para-hydroxylation sites is 2. The second-order valence-corrected chi connectivity index (χ2v) is 33.2. The average Bonchev–Trinajstić information content (AvgIpc) is 2.44. The molecule has 0 saturated heterocycles. The molecule has 5 heteroatoms. The first-order chi connectivity index (χ1) is 37.9. The van der Waals surface area contributed by atoms with Gasteiger partial charge in [-0.15, -0.1) is 11.3 Å². The highest BCUT2D eigenvalue weighted by Gasteiger charge is 2.52. The van der Waals surface area contributed by atoms with Gasteiger partial charge in [0.25, 0.3) is 6.71 Å². The topological polar surface area (TPSA) is 11.4 Å². The van der Waals surface area contributed by atoms with E-state index < -0.39 is 0 Å². The van der Waals surface area contributed by atoms with Crippen LogP contribution in [0.5, 0.6) is 0 Å². The van der Waals surface area contributed by atoms with E-state index in [0.717, 1.165) is 6.42 Å². The molecular weight excluding hydrogens is 998 g/mol. The first-order valence-corrected chi connectivity index (χ1v) is 31.8. The van der Waals surface area contributed by atoms with Gasteiger partial charge in [-0.3, -0.25) is 0 Å². The van der Waals surface area contributed by atoms with Gasteiger partial charge in [-0.2, -0.15) is 0 Å². The summed E-state index contributed by atoms with van der Waals surface area (Å²) >= 11 is 2.11. The van der Waals surface area contributed by atoms with Crippen LogP contribution in [0, 0.1) is 0 Å².